The molecule has 0 fully saturated rings. The van der Waals surface area contributed by atoms with Crippen molar-refractivity contribution in [2.45, 2.75) is 34.3 Å². The lowest BCUT2D eigenvalue weighted by atomic mass is 9.96. The Morgan fingerprint density at radius 3 is 1.82 bits per heavy atom. The Morgan fingerprint density at radius 1 is 0.633 bits per heavy atom. The number of aldehydes is 1. The molecule has 3 aliphatic heterocycles. The average molecular weight is 663 g/mol. The number of esters is 3. The van der Waals surface area contributed by atoms with Gasteiger partial charge in [0.05, 0.1) is 22.3 Å². The van der Waals surface area contributed by atoms with E-state index >= 15 is 0 Å². The number of carbonyl (C=O) groups excluding carboxylic acids is 7. The predicted octanol–water partition coefficient (Wildman–Crippen LogP) is 6.76. The molecule has 11 nitrogen and oxygen atoms in total. The molecule has 0 amide bonds. The molecule has 0 N–H and O–H groups in total. The van der Waals surface area contributed by atoms with Crippen molar-refractivity contribution in [3.05, 3.63) is 136 Å². The van der Waals surface area contributed by atoms with Crippen LogP contribution in [0.1, 0.15) is 107 Å². The molecule has 0 spiro atoms. The third-order valence-corrected chi connectivity index (χ3v) is 6.98. The van der Waals surface area contributed by atoms with Gasteiger partial charge in [0.2, 0.25) is 0 Å². The number of ether oxygens (including phenoxy) is 2. The van der Waals surface area contributed by atoms with E-state index in [9.17, 15) is 33.6 Å². The molecule has 7 rings (SSSR count). The van der Waals surface area contributed by atoms with Crippen molar-refractivity contribution in [2.75, 3.05) is 0 Å². The molecule has 248 valence electrons. The molecule has 4 aromatic rings. The standard InChI is InChI=1S/C17H10O5.C16H8O5.C3H6O.C2H6/c1-9-13-4-2-11(7-15(13)16(18)21-9)10-3-5-14-12(6-10)8-20-22-17(14)19;17-8-9-1-3-10(4-2-9)14(18)11-5-6-12-13(7-11)16(20)21-15(12)19;1-3(2)4;1-2/h2-7H,1,8H2;1-8H;1-2H3;1-2H3. The fraction of sp³-hybridized carbons (Fsp3) is 0.132. The van der Waals surface area contributed by atoms with E-state index in [4.69, 9.17) is 9.62 Å². The zero-order chi connectivity index (χ0) is 35.8. The van der Waals surface area contributed by atoms with Crippen LogP contribution in [-0.4, -0.2) is 41.7 Å². The summed E-state index contributed by atoms with van der Waals surface area (Å²) in [6.45, 7) is 11.0. The van der Waals surface area contributed by atoms with Gasteiger partial charge in [-0.25, -0.2) is 19.2 Å². The van der Waals surface area contributed by atoms with Crippen LogP contribution in [0.15, 0.2) is 85.4 Å². The summed E-state index contributed by atoms with van der Waals surface area (Å²) in [5.74, 6) is -2.12. The molecule has 3 heterocycles. The van der Waals surface area contributed by atoms with E-state index in [2.05, 4.69) is 16.2 Å². The van der Waals surface area contributed by atoms with Crippen LogP contribution in [0.5, 0.6) is 0 Å². The van der Waals surface area contributed by atoms with Gasteiger partial charge in [0.25, 0.3) is 0 Å². The minimum Gasteiger partial charge on any atom is -0.423 e. The van der Waals surface area contributed by atoms with Crippen LogP contribution in [0.3, 0.4) is 0 Å². The van der Waals surface area contributed by atoms with E-state index in [1.807, 2.05) is 38.1 Å². The van der Waals surface area contributed by atoms with Crippen LogP contribution in [-0.2, 0) is 30.7 Å². The lowest BCUT2D eigenvalue weighted by Crippen LogP contribution is -2.15. The Labute approximate surface area is 281 Å². The van der Waals surface area contributed by atoms with E-state index < -0.39 is 23.9 Å². The normalized spacial score (nSPS) is 13.3. The maximum atomic E-state index is 12.3. The fourth-order valence-corrected chi connectivity index (χ4v) is 4.75. The van der Waals surface area contributed by atoms with Gasteiger partial charge < -0.3 is 14.3 Å². The number of carbonyl (C=O) groups is 7. The molecule has 3 aliphatic rings. The Kier molecular flexibility index (Phi) is 11.2. The quantitative estimate of drug-likeness (QED) is 0.0748. The van der Waals surface area contributed by atoms with Gasteiger partial charge in [0.1, 0.15) is 24.4 Å². The smallest absolute Gasteiger partial charge is 0.373 e. The zero-order valence-electron chi connectivity index (χ0n) is 27.0. The molecular weight excluding hydrogens is 632 g/mol. The first-order valence-electron chi connectivity index (χ1n) is 15.0. The number of ketones is 2. The summed E-state index contributed by atoms with van der Waals surface area (Å²) in [6.07, 6.45) is 0.686. The van der Waals surface area contributed by atoms with Crippen molar-refractivity contribution in [1.82, 2.24) is 0 Å². The Balaban J connectivity index is 0.000000191. The highest BCUT2D eigenvalue weighted by Gasteiger charge is 2.30. The van der Waals surface area contributed by atoms with Crippen molar-refractivity contribution >= 4 is 47.5 Å². The van der Waals surface area contributed by atoms with Crippen molar-refractivity contribution in [1.29, 1.82) is 0 Å². The molecule has 0 aliphatic carbocycles. The molecule has 49 heavy (non-hydrogen) atoms. The van der Waals surface area contributed by atoms with Gasteiger partial charge >= 0.3 is 23.9 Å². The lowest BCUT2D eigenvalue weighted by molar-refractivity contribution is -0.256. The van der Waals surface area contributed by atoms with E-state index in [0.29, 0.717) is 39.9 Å². The summed E-state index contributed by atoms with van der Waals surface area (Å²) in [6, 6.07) is 21.2. The summed E-state index contributed by atoms with van der Waals surface area (Å²) >= 11 is 0. The van der Waals surface area contributed by atoms with Crippen LogP contribution in [0, 0.1) is 0 Å². The number of hydrogen-bond acceptors (Lipinski definition) is 11. The van der Waals surface area contributed by atoms with Crippen molar-refractivity contribution in [3.63, 3.8) is 0 Å². The third kappa shape index (κ3) is 7.98. The van der Waals surface area contributed by atoms with Crippen molar-refractivity contribution in [3.8, 4) is 11.1 Å². The molecule has 4 aromatic carbocycles. The van der Waals surface area contributed by atoms with Gasteiger partial charge in [-0.05, 0) is 66.9 Å². The highest BCUT2D eigenvalue weighted by molar-refractivity contribution is 6.17. The number of fused-ring (bicyclic) bond motifs is 3. The van der Waals surface area contributed by atoms with Gasteiger partial charge in [-0.2, -0.15) is 4.89 Å². The van der Waals surface area contributed by atoms with Crippen LogP contribution in [0.2, 0.25) is 0 Å². The Morgan fingerprint density at radius 2 is 1.16 bits per heavy atom. The molecule has 0 saturated heterocycles. The molecule has 11 heteroatoms. The number of Topliss-reactive ketones (excluding diaryl/α,β-unsaturated/α-hetero) is 1. The number of hydrogen-bond donors (Lipinski definition) is 0. The highest BCUT2D eigenvalue weighted by Crippen LogP contribution is 2.33. The van der Waals surface area contributed by atoms with E-state index in [1.165, 1.54) is 56.3 Å². The van der Waals surface area contributed by atoms with Gasteiger partial charge in [-0.1, -0.05) is 62.9 Å². The van der Waals surface area contributed by atoms with Crippen LogP contribution in [0.4, 0.5) is 0 Å². The SMILES string of the molecule is C=C1OC(=O)c2cc(-c3ccc4c(c3)COOC4=O)ccc21.CC.CC(C)=O.O=Cc1ccc(C(=O)c2ccc3c(c2)C(=O)OC3=O)cc1. The largest absolute Gasteiger partial charge is 0.423 e. The first kappa shape index (κ1) is 35.5. The van der Waals surface area contributed by atoms with Gasteiger partial charge in [-0.15, -0.1) is 0 Å². The lowest BCUT2D eigenvalue weighted by Gasteiger charge is -2.15. The van der Waals surface area contributed by atoms with Crippen LogP contribution >= 0.6 is 0 Å². The van der Waals surface area contributed by atoms with Gasteiger partial charge in [-0.3, -0.25) is 14.5 Å². The van der Waals surface area contributed by atoms with Gasteiger partial charge in [0.15, 0.2) is 5.78 Å². The average Bonchev–Trinajstić information content (AvgIpc) is 3.56. The predicted molar refractivity (Wildman–Crippen MR) is 176 cm³/mol. The maximum Gasteiger partial charge on any atom is 0.373 e. The van der Waals surface area contributed by atoms with E-state index in [0.717, 1.165) is 16.7 Å². The highest BCUT2D eigenvalue weighted by atomic mass is 17.2. The minimum atomic E-state index is -0.749. The Hall–Kier alpha value is -6.33. The molecule has 0 radical (unpaired) electrons. The summed E-state index contributed by atoms with van der Waals surface area (Å²) < 4.78 is 9.49. The second kappa shape index (κ2) is 15.5. The van der Waals surface area contributed by atoms with Gasteiger partial charge in [0, 0.05) is 22.3 Å². The maximum absolute atomic E-state index is 12.3. The third-order valence-electron chi connectivity index (χ3n) is 6.98. The first-order valence-corrected chi connectivity index (χ1v) is 15.0. The molecule has 0 aromatic heterocycles. The second-order valence-corrected chi connectivity index (χ2v) is 10.5. The van der Waals surface area contributed by atoms with E-state index in [-0.39, 0.29) is 34.9 Å². The van der Waals surface area contributed by atoms with Crippen LogP contribution < -0.4 is 0 Å². The number of benzene rings is 4. The van der Waals surface area contributed by atoms with Crippen LogP contribution in [0.25, 0.3) is 16.9 Å². The summed E-state index contributed by atoms with van der Waals surface area (Å²) in [7, 11) is 0. The monoisotopic (exact) mass is 662 g/mol. The molecule has 0 unspecified atom stereocenters. The Bertz CT molecular complexity index is 2020. The number of rotatable bonds is 4. The zero-order valence-corrected chi connectivity index (χ0v) is 27.0. The summed E-state index contributed by atoms with van der Waals surface area (Å²) in [4.78, 5) is 87.8. The summed E-state index contributed by atoms with van der Waals surface area (Å²) in [5.41, 5.74) is 5.56. The molecule has 0 atom stereocenters. The molecule has 0 saturated carbocycles. The van der Waals surface area contributed by atoms with Crippen molar-refractivity contribution in [2.24, 2.45) is 0 Å². The topological polar surface area (TPSA) is 156 Å². The summed E-state index contributed by atoms with van der Waals surface area (Å²) in [5, 5.41) is 0. The number of cyclic esters (lactones) is 3. The second-order valence-electron chi connectivity index (χ2n) is 10.5. The molecular formula is C38H30O11. The first-order chi connectivity index (χ1) is 23.5. The van der Waals surface area contributed by atoms with Crippen molar-refractivity contribution < 1.29 is 52.8 Å². The minimum absolute atomic E-state index is 0.0929. The van der Waals surface area contributed by atoms with E-state index in [1.54, 1.807) is 12.1 Å². The fourth-order valence-electron chi connectivity index (χ4n) is 4.75. The molecule has 0 bridgehead atoms.